The third-order valence-corrected chi connectivity index (χ3v) is 0.534. The van der Waals surface area contributed by atoms with Crippen molar-refractivity contribution < 1.29 is 8.78 Å². The molecule has 0 rings (SSSR count). The molecule has 0 aromatic carbocycles. The van der Waals surface area contributed by atoms with Gasteiger partial charge in [0.15, 0.2) is 0 Å². The monoisotopic (exact) mass is 105 g/mol. The van der Waals surface area contributed by atoms with Crippen molar-refractivity contribution in [2.75, 3.05) is 0 Å². The van der Waals surface area contributed by atoms with E-state index in [1.54, 1.807) is 0 Å². The molecule has 0 aliphatic heterocycles. The van der Waals surface area contributed by atoms with Gasteiger partial charge in [0.1, 0.15) is 12.2 Å². The molecule has 0 saturated heterocycles. The van der Waals surface area contributed by atoms with Crippen molar-refractivity contribution >= 4 is 0 Å². The Bertz CT molecular complexity index is 66.5. The second kappa shape index (κ2) is 3.78. The normalized spacial score (nSPS) is 12.1. The Hall–Kier alpha value is -0.400. The lowest BCUT2D eigenvalue weighted by Gasteiger charge is -1.84. The van der Waals surface area contributed by atoms with Crippen LogP contribution in [0.3, 0.4) is 0 Å². The first-order valence-electron chi connectivity index (χ1n) is 2.05. The molecule has 0 aromatic heterocycles. The van der Waals surface area contributed by atoms with Gasteiger partial charge in [0, 0.05) is 6.42 Å². The Morgan fingerprint density at radius 3 is 2.43 bits per heavy atom. The highest BCUT2D eigenvalue weighted by Crippen LogP contribution is 2.04. The van der Waals surface area contributed by atoms with Crippen LogP contribution in [0, 0.1) is 6.92 Å². The topological polar surface area (TPSA) is 0 Å². The highest BCUT2D eigenvalue weighted by molar-refractivity contribution is 4.83. The summed E-state index contributed by atoms with van der Waals surface area (Å²) in [5.74, 6) is -0.727. The summed E-state index contributed by atoms with van der Waals surface area (Å²) in [4.78, 5) is 0. The van der Waals surface area contributed by atoms with Gasteiger partial charge in [0.25, 0.3) is 0 Å². The summed E-state index contributed by atoms with van der Waals surface area (Å²) in [6, 6.07) is 0. The van der Waals surface area contributed by atoms with E-state index >= 15 is 0 Å². The molecule has 0 atom stereocenters. The third-order valence-electron chi connectivity index (χ3n) is 0.534. The zero-order valence-corrected chi connectivity index (χ0v) is 3.95. The van der Waals surface area contributed by atoms with E-state index in [0.29, 0.717) is 6.42 Å². The predicted octanol–water partition coefficient (Wildman–Crippen LogP) is 2.38. The van der Waals surface area contributed by atoms with E-state index in [0.717, 1.165) is 0 Å². The average Bonchev–Trinajstić information content (AvgIpc) is 1.68. The van der Waals surface area contributed by atoms with Crippen LogP contribution < -0.4 is 0 Å². The minimum Gasteiger partial charge on any atom is -0.213 e. The zero-order chi connectivity index (χ0) is 5.70. The lowest BCUT2D eigenvalue weighted by molar-refractivity contribution is 0.548. The fourth-order valence-corrected chi connectivity index (χ4v) is 0.223. The molecule has 0 aliphatic carbocycles. The molecule has 0 spiro atoms. The van der Waals surface area contributed by atoms with Crippen LogP contribution >= 0.6 is 0 Å². The van der Waals surface area contributed by atoms with Gasteiger partial charge < -0.3 is 0 Å². The van der Waals surface area contributed by atoms with Crippen LogP contribution in [0.4, 0.5) is 8.78 Å². The van der Waals surface area contributed by atoms with Crippen molar-refractivity contribution in [3.8, 4) is 0 Å². The molecule has 0 nitrogen and oxygen atoms in total. The molecule has 0 aromatic rings. The number of hydrogen-bond acceptors (Lipinski definition) is 0. The molecule has 2 heteroatoms. The summed E-state index contributed by atoms with van der Waals surface area (Å²) in [6.07, 6.45) is 0.480. The van der Waals surface area contributed by atoms with Crippen molar-refractivity contribution in [3.05, 3.63) is 19.1 Å². The molecule has 0 unspecified atom stereocenters. The van der Waals surface area contributed by atoms with Gasteiger partial charge in [0.05, 0.1) is 0 Å². The van der Waals surface area contributed by atoms with E-state index in [9.17, 15) is 8.78 Å². The second-order valence-electron chi connectivity index (χ2n) is 1.16. The lowest BCUT2D eigenvalue weighted by atomic mass is 10.3. The van der Waals surface area contributed by atoms with Crippen molar-refractivity contribution in [2.45, 2.75) is 12.8 Å². The highest BCUT2D eigenvalue weighted by atomic mass is 19.2. The Balaban J connectivity index is 3.17. The first kappa shape index (κ1) is 6.60. The average molecular weight is 105 g/mol. The van der Waals surface area contributed by atoms with Crippen LogP contribution in [-0.4, -0.2) is 0 Å². The standard InChI is InChI=1S/C5H7F2/c1-2-3-5(7)4-6/h4H,1-3H2/b5-4+. The fourth-order valence-electron chi connectivity index (χ4n) is 0.223. The van der Waals surface area contributed by atoms with Crippen molar-refractivity contribution in [3.63, 3.8) is 0 Å². The maximum Gasteiger partial charge on any atom is 0.128 e. The van der Waals surface area contributed by atoms with Crippen LogP contribution in [0.15, 0.2) is 12.2 Å². The van der Waals surface area contributed by atoms with Gasteiger partial charge >= 0.3 is 0 Å². The van der Waals surface area contributed by atoms with Crippen LogP contribution in [-0.2, 0) is 0 Å². The summed E-state index contributed by atoms with van der Waals surface area (Å²) in [5.41, 5.74) is 0. The van der Waals surface area contributed by atoms with Gasteiger partial charge in [-0.05, 0) is 6.42 Å². The maximum absolute atomic E-state index is 11.6. The molecule has 0 amide bonds. The van der Waals surface area contributed by atoms with Crippen molar-refractivity contribution in [2.24, 2.45) is 0 Å². The van der Waals surface area contributed by atoms with Gasteiger partial charge in [-0.25, -0.2) is 8.78 Å². The lowest BCUT2D eigenvalue weighted by Crippen LogP contribution is -1.67. The first-order valence-corrected chi connectivity index (χ1v) is 2.05. The van der Waals surface area contributed by atoms with E-state index in [-0.39, 0.29) is 12.8 Å². The largest absolute Gasteiger partial charge is 0.213 e. The summed E-state index contributed by atoms with van der Waals surface area (Å²) in [7, 11) is 0. The maximum atomic E-state index is 11.6. The van der Waals surface area contributed by atoms with E-state index < -0.39 is 5.83 Å². The number of rotatable bonds is 2. The predicted molar refractivity (Wildman–Crippen MR) is 24.9 cm³/mol. The van der Waals surface area contributed by atoms with Gasteiger partial charge in [-0.1, -0.05) is 6.92 Å². The summed E-state index contributed by atoms with van der Waals surface area (Å²) in [6.45, 7) is 3.33. The van der Waals surface area contributed by atoms with Gasteiger partial charge in [-0.3, -0.25) is 0 Å². The summed E-state index contributed by atoms with van der Waals surface area (Å²) >= 11 is 0. The Labute approximate surface area is 41.8 Å². The second-order valence-corrected chi connectivity index (χ2v) is 1.16. The molecule has 0 aliphatic rings. The molecule has 0 fully saturated rings. The van der Waals surface area contributed by atoms with Gasteiger partial charge in [0.2, 0.25) is 0 Å². The molecule has 7 heavy (non-hydrogen) atoms. The molecule has 0 saturated carbocycles. The zero-order valence-electron chi connectivity index (χ0n) is 3.95. The fraction of sp³-hybridized carbons (Fsp3) is 0.400. The minimum atomic E-state index is -0.727. The van der Waals surface area contributed by atoms with E-state index in [1.165, 1.54) is 0 Å². The third kappa shape index (κ3) is 3.43. The smallest absolute Gasteiger partial charge is 0.128 e. The first-order chi connectivity index (χ1) is 3.31. The van der Waals surface area contributed by atoms with Crippen LogP contribution in [0.25, 0.3) is 0 Å². The van der Waals surface area contributed by atoms with E-state index in [2.05, 4.69) is 6.92 Å². The minimum absolute atomic E-state index is 0.0365. The molecular weight excluding hydrogens is 98.1 g/mol. The van der Waals surface area contributed by atoms with E-state index in [4.69, 9.17) is 0 Å². The van der Waals surface area contributed by atoms with Crippen LogP contribution in [0.5, 0.6) is 0 Å². The SMILES string of the molecule is [CH2]CC/C(F)=C\F. The van der Waals surface area contributed by atoms with Crippen LogP contribution in [0.1, 0.15) is 12.8 Å². The number of halogens is 2. The van der Waals surface area contributed by atoms with Crippen molar-refractivity contribution in [1.82, 2.24) is 0 Å². The molecule has 1 radical (unpaired) electrons. The Kier molecular flexibility index (Phi) is 3.56. The van der Waals surface area contributed by atoms with Crippen molar-refractivity contribution in [1.29, 1.82) is 0 Å². The molecule has 0 N–H and O–H groups in total. The van der Waals surface area contributed by atoms with Gasteiger partial charge in [-0.15, -0.1) is 0 Å². The highest BCUT2D eigenvalue weighted by Gasteiger charge is 1.87. The quantitative estimate of drug-likeness (QED) is 0.505. The molecule has 41 valence electrons. The molecule has 0 bridgehead atoms. The Morgan fingerprint density at radius 1 is 1.71 bits per heavy atom. The summed E-state index contributed by atoms with van der Waals surface area (Å²) in [5, 5.41) is 0. The number of allylic oxidation sites excluding steroid dienone is 1. The molecule has 0 heterocycles. The number of hydrogen-bond donors (Lipinski definition) is 0. The molecular formula is C5H7F2. The van der Waals surface area contributed by atoms with E-state index in [1.807, 2.05) is 0 Å². The Morgan fingerprint density at radius 2 is 2.29 bits per heavy atom. The summed E-state index contributed by atoms with van der Waals surface area (Å²) < 4.78 is 22.6. The van der Waals surface area contributed by atoms with Crippen LogP contribution in [0.2, 0.25) is 0 Å². The van der Waals surface area contributed by atoms with Gasteiger partial charge in [-0.2, -0.15) is 0 Å².